The van der Waals surface area contributed by atoms with E-state index in [2.05, 4.69) is 4.98 Å². The quantitative estimate of drug-likeness (QED) is 0.677. The number of para-hydroxylation sites is 1. The number of rotatable bonds is 4. The van der Waals surface area contributed by atoms with Gasteiger partial charge in [0.2, 0.25) is 0 Å². The van der Waals surface area contributed by atoms with Crippen LogP contribution in [0, 0.1) is 0 Å². The summed E-state index contributed by atoms with van der Waals surface area (Å²) >= 11 is 0. The van der Waals surface area contributed by atoms with Gasteiger partial charge in [-0.3, -0.25) is 4.79 Å². The van der Waals surface area contributed by atoms with Crippen LogP contribution in [-0.2, 0) is 13.7 Å². The second-order valence-electron chi connectivity index (χ2n) is 6.10. The van der Waals surface area contributed by atoms with Crippen molar-refractivity contribution < 1.29 is 14.3 Å². The minimum Gasteiger partial charge on any atom is -0.488 e. The van der Waals surface area contributed by atoms with Crippen LogP contribution in [0.3, 0.4) is 0 Å². The Bertz CT molecular complexity index is 971. The molecule has 0 amide bonds. The van der Waals surface area contributed by atoms with Crippen molar-refractivity contribution in [3.05, 3.63) is 83.4 Å². The van der Waals surface area contributed by atoms with E-state index in [1.165, 1.54) is 0 Å². The minimum absolute atomic E-state index is 0.0157. The molecule has 0 fully saturated rings. The Morgan fingerprint density at radius 1 is 1.19 bits per heavy atom. The van der Waals surface area contributed by atoms with E-state index >= 15 is 0 Å². The molecule has 0 radical (unpaired) electrons. The lowest BCUT2D eigenvalue weighted by Crippen LogP contribution is -2.18. The SMILES string of the molecule is Cn1ccnc1COc1ccc(/C=C2/COc3ccccc3C2=O)cc1. The van der Waals surface area contributed by atoms with Gasteiger partial charge in [-0.2, -0.15) is 0 Å². The van der Waals surface area contributed by atoms with Crippen molar-refractivity contribution >= 4 is 11.9 Å². The van der Waals surface area contributed by atoms with Crippen LogP contribution in [0.5, 0.6) is 11.5 Å². The first-order valence-electron chi connectivity index (χ1n) is 8.37. The molecule has 130 valence electrons. The normalized spacial score (nSPS) is 14.8. The zero-order chi connectivity index (χ0) is 17.9. The standard InChI is InChI=1S/C21H18N2O3/c1-23-11-10-22-20(23)14-25-17-8-6-15(7-9-17)12-16-13-26-19-5-3-2-4-18(19)21(16)24/h2-12H,13-14H2,1H3/b16-12-. The maximum absolute atomic E-state index is 12.6. The van der Waals surface area contributed by atoms with Crippen LogP contribution in [0.2, 0.25) is 0 Å². The number of ketones is 1. The number of ether oxygens (including phenoxy) is 2. The summed E-state index contributed by atoms with van der Waals surface area (Å²) in [5.41, 5.74) is 2.19. The molecule has 2 aromatic carbocycles. The molecule has 4 rings (SSSR count). The van der Waals surface area contributed by atoms with Crippen LogP contribution in [0.15, 0.2) is 66.5 Å². The fourth-order valence-corrected chi connectivity index (χ4v) is 2.83. The molecule has 0 saturated carbocycles. The van der Waals surface area contributed by atoms with Gasteiger partial charge in [0.25, 0.3) is 0 Å². The number of nitrogens with zero attached hydrogens (tertiary/aromatic N) is 2. The largest absolute Gasteiger partial charge is 0.488 e. The fourth-order valence-electron chi connectivity index (χ4n) is 2.83. The Labute approximate surface area is 151 Å². The van der Waals surface area contributed by atoms with Crippen LogP contribution in [0.1, 0.15) is 21.7 Å². The van der Waals surface area contributed by atoms with Gasteiger partial charge in [-0.05, 0) is 35.9 Å². The molecule has 0 atom stereocenters. The van der Waals surface area contributed by atoms with Crippen molar-refractivity contribution in [2.24, 2.45) is 7.05 Å². The molecular weight excluding hydrogens is 328 g/mol. The number of aryl methyl sites for hydroxylation is 1. The first-order valence-corrected chi connectivity index (χ1v) is 8.37. The zero-order valence-corrected chi connectivity index (χ0v) is 14.4. The Morgan fingerprint density at radius 2 is 2.00 bits per heavy atom. The average Bonchev–Trinajstić information content (AvgIpc) is 3.08. The van der Waals surface area contributed by atoms with Crippen molar-refractivity contribution in [1.82, 2.24) is 9.55 Å². The summed E-state index contributed by atoms with van der Waals surface area (Å²) in [6, 6.07) is 14.9. The van der Waals surface area contributed by atoms with E-state index in [1.807, 2.05) is 66.4 Å². The summed E-state index contributed by atoms with van der Waals surface area (Å²) in [7, 11) is 1.93. The fraction of sp³-hybridized carbons (Fsp3) is 0.143. The van der Waals surface area contributed by atoms with Gasteiger partial charge in [0.05, 0.1) is 5.56 Å². The number of Topliss-reactive ketones (excluding diaryl/α,β-unsaturated/α-hetero) is 1. The van der Waals surface area contributed by atoms with Gasteiger partial charge in [0, 0.05) is 25.0 Å². The molecule has 2 heterocycles. The lowest BCUT2D eigenvalue weighted by molar-refractivity contribution is 0.100. The number of hydrogen-bond acceptors (Lipinski definition) is 4. The highest BCUT2D eigenvalue weighted by atomic mass is 16.5. The van der Waals surface area contributed by atoms with Gasteiger partial charge >= 0.3 is 0 Å². The molecular formula is C21H18N2O3. The number of carbonyl (C=O) groups excluding carboxylic acids is 1. The highest BCUT2D eigenvalue weighted by Gasteiger charge is 2.22. The number of benzene rings is 2. The molecule has 1 aromatic heterocycles. The van der Waals surface area contributed by atoms with Gasteiger partial charge in [0.15, 0.2) is 5.78 Å². The van der Waals surface area contributed by atoms with E-state index in [-0.39, 0.29) is 12.4 Å². The first-order chi connectivity index (χ1) is 12.7. The Kier molecular flexibility index (Phi) is 4.27. The van der Waals surface area contributed by atoms with Crippen LogP contribution in [0.4, 0.5) is 0 Å². The lowest BCUT2D eigenvalue weighted by atomic mass is 9.98. The minimum atomic E-state index is 0.0157. The number of aromatic nitrogens is 2. The third-order valence-corrected chi connectivity index (χ3v) is 4.32. The van der Waals surface area contributed by atoms with E-state index in [1.54, 1.807) is 12.3 Å². The maximum Gasteiger partial charge on any atom is 0.196 e. The molecule has 0 saturated heterocycles. The van der Waals surface area contributed by atoms with Crippen LogP contribution in [0.25, 0.3) is 6.08 Å². The van der Waals surface area contributed by atoms with Crippen molar-refractivity contribution in [2.75, 3.05) is 6.61 Å². The van der Waals surface area contributed by atoms with Crippen molar-refractivity contribution in [3.63, 3.8) is 0 Å². The van der Waals surface area contributed by atoms with Crippen LogP contribution >= 0.6 is 0 Å². The molecule has 5 heteroatoms. The summed E-state index contributed by atoms with van der Waals surface area (Å²) in [6.45, 7) is 0.695. The molecule has 1 aliphatic heterocycles. The third-order valence-electron chi connectivity index (χ3n) is 4.32. The number of fused-ring (bicyclic) bond motifs is 1. The number of carbonyl (C=O) groups is 1. The van der Waals surface area contributed by atoms with Gasteiger partial charge < -0.3 is 14.0 Å². The topological polar surface area (TPSA) is 53.4 Å². The summed E-state index contributed by atoms with van der Waals surface area (Å²) in [6.07, 6.45) is 5.49. The van der Waals surface area contributed by atoms with Gasteiger partial charge in [-0.1, -0.05) is 24.3 Å². The van der Waals surface area contributed by atoms with E-state index in [9.17, 15) is 4.79 Å². The summed E-state index contributed by atoms with van der Waals surface area (Å²) in [5.74, 6) is 2.28. The molecule has 0 unspecified atom stereocenters. The predicted molar refractivity (Wildman–Crippen MR) is 98.2 cm³/mol. The van der Waals surface area contributed by atoms with Gasteiger partial charge in [-0.15, -0.1) is 0 Å². The van der Waals surface area contributed by atoms with Crippen molar-refractivity contribution in [3.8, 4) is 11.5 Å². The van der Waals surface area contributed by atoms with Crippen molar-refractivity contribution in [1.29, 1.82) is 0 Å². The summed E-state index contributed by atoms with van der Waals surface area (Å²) < 4.78 is 13.3. The second-order valence-corrected chi connectivity index (χ2v) is 6.10. The van der Waals surface area contributed by atoms with E-state index < -0.39 is 0 Å². The smallest absolute Gasteiger partial charge is 0.196 e. The molecule has 1 aliphatic rings. The second kappa shape index (κ2) is 6.88. The predicted octanol–water partition coefficient (Wildman–Crippen LogP) is 3.66. The van der Waals surface area contributed by atoms with E-state index in [0.29, 0.717) is 23.5 Å². The van der Waals surface area contributed by atoms with Crippen LogP contribution < -0.4 is 9.47 Å². The Hall–Kier alpha value is -3.34. The van der Waals surface area contributed by atoms with Gasteiger partial charge in [0.1, 0.15) is 30.5 Å². The molecule has 5 nitrogen and oxygen atoms in total. The average molecular weight is 346 g/mol. The molecule has 0 aliphatic carbocycles. The molecule has 0 N–H and O–H groups in total. The number of imidazole rings is 1. The van der Waals surface area contributed by atoms with E-state index in [4.69, 9.17) is 9.47 Å². The Balaban J connectivity index is 1.47. The highest BCUT2D eigenvalue weighted by molar-refractivity contribution is 6.14. The maximum atomic E-state index is 12.6. The highest BCUT2D eigenvalue weighted by Crippen LogP contribution is 2.27. The molecule has 0 bridgehead atoms. The summed E-state index contributed by atoms with van der Waals surface area (Å²) in [5, 5.41) is 0. The number of hydrogen-bond donors (Lipinski definition) is 0. The first kappa shape index (κ1) is 16.1. The van der Waals surface area contributed by atoms with Gasteiger partial charge in [-0.25, -0.2) is 4.98 Å². The Morgan fingerprint density at radius 3 is 2.77 bits per heavy atom. The molecule has 26 heavy (non-hydrogen) atoms. The zero-order valence-electron chi connectivity index (χ0n) is 14.4. The monoisotopic (exact) mass is 346 g/mol. The molecule has 0 spiro atoms. The van der Waals surface area contributed by atoms with E-state index in [0.717, 1.165) is 17.1 Å². The molecule has 3 aromatic rings. The van der Waals surface area contributed by atoms with Crippen LogP contribution in [-0.4, -0.2) is 21.9 Å². The van der Waals surface area contributed by atoms with Crippen molar-refractivity contribution in [2.45, 2.75) is 6.61 Å². The lowest BCUT2D eigenvalue weighted by Gasteiger charge is -2.18. The third kappa shape index (κ3) is 3.24. The summed E-state index contributed by atoms with van der Waals surface area (Å²) in [4.78, 5) is 16.8.